The second kappa shape index (κ2) is 4.46. The lowest BCUT2D eigenvalue weighted by Gasteiger charge is -2.18. The second-order valence-corrected chi connectivity index (χ2v) is 4.72. The smallest absolute Gasteiger partial charge is 0.178 e. The minimum absolute atomic E-state index is 0.0141. The van der Waals surface area contributed by atoms with E-state index in [9.17, 15) is 4.79 Å². The Balaban J connectivity index is 2.11. The van der Waals surface area contributed by atoms with E-state index in [0.29, 0.717) is 5.56 Å². The molecule has 0 bridgehead atoms. The number of rotatable bonds is 3. The van der Waals surface area contributed by atoms with Crippen LogP contribution in [0.15, 0.2) is 24.4 Å². The number of nitrogens with two attached hydrogens (primary N) is 1. The number of para-hydroxylation sites is 1. The average Bonchev–Trinajstić information content (AvgIpc) is 3.06. The van der Waals surface area contributed by atoms with E-state index in [0.717, 1.165) is 24.0 Å². The summed E-state index contributed by atoms with van der Waals surface area (Å²) in [6, 6.07) is 6.10. The summed E-state index contributed by atoms with van der Waals surface area (Å²) in [5.74, 6) is -0.0141. The molecule has 1 aromatic carbocycles. The normalized spacial score (nSPS) is 15.5. The number of anilines is 1. The van der Waals surface area contributed by atoms with Crippen molar-refractivity contribution in [1.82, 2.24) is 4.98 Å². The van der Waals surface area contributed by atoms with Gasteiger partial charge in [0.25, 0.3) is 0 Å². The molecular formula is C14H17N3O. The molecule has 1 aromatic heterocycles. The number of nitrogens with zero attached hydrogens (tertiary/aromatic N) is 1. The molecule has 4 nitrogen and oxygen atoms in total. The molecule has 0 spiro atoms. The first kappa shape index (κ1) is 11.3. The van der Waals surface area contributed by atoms with E-state index in [4.69, 9.17) is 5.73 Å². The van der Waals surface area contributed by atoms with E-state index in [1.54, 1.807) is 6.20 Å². The first-order chi connectivity index (χ1) is 8.81. The first-order valence-corrected chi connectivity index (χ1v) is 6.39. The molecule has 94 valence electrons. The third kappa shape index (κ3) is 1.69. The minimum Gasteiger partial charge on any atom is -0.370 e. The summed E-state index contributed by atoms with van der Waals surface area (Å²) >= 11 is 0. The van der Waals surface area contributed by atoms with E-state index in [2.05, 4.69) is 16.0 Å². The van der Waals surface area contributed by atoms with Crippen molar-refractivity contribution >= 4 is 22.4 Å². The van der Waals surface area contributed by atoms with Crippen molar-refractivity contribution in [2.24, 2.45) is 5.73 Å². The van der Waals surface area contributed by atoms with Gasteiger partial charge in [-0.05, 0) is 18.9 Å². The molecule has 18 heavy (non-hydrogen) atoms. The van der Waals surface area contributed by atoms with Crippen molar-refractivity contribution in [1.29, 1.82) is 0 Å². The maximum atomic E-state index is 11.8. The number of hydrogen-bond donors (Lipinski definition) is 2. The molecule has 1 aliphatic heterocycles. The summed E-state index contributed by atoms with van der Waals surface area (Å²) in [6.45, 7) is 2.25. The van der Waals surface area contributed by atoms with Gasteiger partial charge in [-0.15, -0.1) is 0 Å². The Bertz CT molecular complexity index is 582. The molecule has 1 fully saturated rings. The first-order valence-electron chi connectivity index (χ1n) is 6.39. The van der Waals surface area contributed by atoms with Crippen molar-refractivity contribution < 1.29 is 4.79 Å². The number of nitrogens with one attached hydrogen (secondary N) is 1. The molecule has 2 heterocycles. The molecule has 3 rings (SSSR count). The van der Waals surface area contributed by atoms with Crippen LogP contribution in [0.1, 0.15) is 23.2 Å². The quantitative estimate of drug-likeness (QED) is 0.809. The van der Waals surface area contributed by atoms with Gasteiger partial charge >= 0.3 is 0 Å². The predicted octanol–water partition coefficient (Wildman–Crippen LogP) is 1.91. The van der Waals surface area contributed by atoms with Gasteiger partial charge in [-0.3, -0.25) is 4.79 Å². The van der Waals surface area contributed by atoms with Gasteiger partial charge in [0.2, 0.25) is 0 Å². The Labute approximate surface area is 106 Å². The Morgan fingerprint density at radius 1 is 1.33 bits per heavy atom. The van der Waals surface area contributed by atoms with Gasteiger partial charge in [0, 0.05) is 30.2 Å². The highest BCUT2D eigenvalue weighted by atomic mass is 16.1. The molecule has 4 heteroatoms. The third-order valence-corrected chi connectivity index (χ3v) is 3.63. The van der Waals surface area contributed by atoms with Gasteiger partial charge in [0.15, 0.2) is 5.78 Å². The number of Topliss-reactive ketones (excluding diaryl/α,β-unsaturated/α-hetero) is 1. The van der Waals surface area contributed by atoms with Crippen molar-refractivity contribution in [3.05, 3.63) is 30.0 Å². The van der Waals surface area contributed by atoms with Crippen LogP contribution in [0.25, 0.3) is 10.9 Å². The third-order valence-electron chi connectivity index (χ3n) is 3.63. The monoisotopic (exact) mass is 243 g/mol. The topological polar surface area (TPSA) is 62.1 Å². The van der Waals surface area contributed by atoms with Gasteiger partial charge in [0.05, 0.1) is 17.7 Å². The molecular weight excluding hydrogens is 226 g/mol. The van der Waals surface area contributed by atoms with Crippen LogP contribution in [-0.2, 0) is 0 Å². The second-order valence-electron chi connectivity index (χ2n) is 4.72. The number of carbonyl (C=O) groups is 1. The van der Waals surface area contributed by atoms with Gasteiger partial charge in [-0.25, -0.2) is 0 Å². The number of aromatic amines is 1. The van der Waals surface area contributed by atoms with E-state index in [1.165, 1.54) is 18.5 Å². The number of aromatic nitrogens is 1. The molecule has 2 aromatic rings. The van der Waals surface area contributed by atoms with Crippen LogP contribution in [0.3, 0.4) is 0 Å². The number of H-pyrrole nitrogens is 1. The molecule has 0 radical (unpaired) electrons. The van der Waals surface area contributed by atoms with Gasteiger partial charge in [0.1, 0.15) is 0 Å². The van der Waals surface area contributed by atoms with Crippen LogP contribution < -0.4 is 10.6 Å². The predicted molar refractivity (Wildman–Crippen MR) is 73.1 cm³/mol. The fraction of sp³-hybridized carbons (Fsp3) is 0.357. The van der Waals surface area contributed by atoms with E-state index in [1.807, 2.05) is 12.1 Å². The van der Waals surface area contributed by atoms with Crippen LogP contribution in [0.4, 0.5) is 5.69 Å². The number of fused-ring (bicyclic) bond motifs is 1. The zero-order valence-electron chi connectivity index (χ0n) is 10.3. The van der Waals surface area contributed by atoms with Gasteiger partial charge < -0.3 is 15.6 Å². The van der Waals surface area contributed by atoms with Crippen LogP contribution in [-0.4, -0.2) is 30.4 Å². The lowest BCUT2D eigenvalue weighted by atomic mass is 10.1. The Hall–Kier alpha value is -1.81. The summed E-state index contributed by atoms with van der Waals surface area (Å²) in [5, 5.41) is 0.981. The summed E-state index contributed by atoms with van der Waals surface area (Å²) < 4.78 is 0. The minimum atomic E-state index is -0.0141. The summed E-state index contributed by atoms with van der Waals surface area (Å²) in [5.41, 5.74) is 8.39. The Morgan fingerprint density at radius 2 is 2.11 bits per heavy atom. The lowest BCUT2D eigenvalue weighted by molar-refractivity contribution is 0.100. The number of carbonyl (C=O) groups excluding carboxylic acids is 1. The van der Waals surface area contributed by atoms with Crippen LogP contribution in [0.5, 0.6) is 0 Å². The van der Waals surface area contributed by atoms with Crippen LogP contribution >= 0.6 is 0 Å². The molecule has 1 saturated heterocycles. The van der Waals surface area contributed by atoms with E-state index >= 15 is 0 Å². The van der Waals surface area contributed by atoms with E-state index in [-0.39, 0.29) is 12.3 Å². The van der Waals surface area contributed by atoms with Gasteiger partial charge in [-0.2, -0.15) is 0 Å². The standard InChI is InChI=1S/C14H17N3O/c15-8-13(18)11-9-16-14-10(11)4-3-5-12(14)17-6-1-2-7-17/h3-5,9,16H,1-2,6-8,15H2. The molecule has 0 aliphatic carbocycles. The van der Waals surface area contributed by atoms with Crippen molar-refractivity contribution in [2.75, 3.05) is 24.5 Å². The van der Waals surface area contributed by atoms with Crippen molar-refractivity contribution in [3.63, 3.8) is 0 Å². The summed E-state index contributed by atoms with van der Waals surface area (Å²) in [4.78, 5) is 17.4. The maximum absolute atomic E-state index is 11.8. The molecule has 0 unspecified atom stereocenters. The number of benzene rings is 1. The molecule has 3 N–H and O–H groups in total. The van der Waals surface area contributed by atoms with Crippen molar-refractivity contribution in [3.8, 4) is 0 Å². The summed E-state index contributed by atoms with van der Waals surface area (Å²) in [7, 11) is 0. The van der Waals surface area contributed by atoms with Crippen LogP contribution in [0.2, 0.25) is 0 Å². The highest BCUT2D eigenvalue weighted by Crippen LogP contribution is 2.30. The highest BCUT2D eigenvalue weighted by Gasteiger charge is 2.18. The molecule has 1 aliphatic rings. The SMILES string of the molecule is NCC(=O)c1c[nH]c2c(N3CCCC3)cccc12. The van der Waals surface area contributed by atoms with E-state index < -0.39 is 0 Å². The Kier molecular flexibility index (Phi) is 2.80. The Morgan fingerprint density at radius 3 is 2.83 bits per heavy atom. The molecule has 0 amide bonds. The largest absolute Gasteiger partial charge is 0.370 e. The molecule has 0 saturated carbocycles. The fourth-order valence-electron chi connectivity index (χ4n) is 2.70. The molecule has 0 atom stereocenters. The number of hydrogen-bond acceptors (Lipinski definition) is 3. The van der Waals surface area contributed by atoms with Crippen LogP contribution in [0, 0.1) is 0 Å². The zero-order chi connectivity index (χ0) is 12.5. The average molecular weight is 243 g/mol. The highest BCUT2D eigenvalue weighted by molar-refractivity contribution is 6.11. The maximum Gasteiger partial charge on any atom is 0.178 e. The van der Waals surface area contributed by atoms with Crippen molar-refractivity contribution in [2.45, 2.75) is 12.8 Å². The fourth-order valence-corrected chi connectivity index (χ4v) is 2.70. The summed E-state index contributed by atoms with van der Waals surface area (Å²) in [6.07, 6.45) is 4.26. The van der Waals surface area contributed by atoms with Gasteiger partial charge in [-0.1, -0.05) is 12.1 Å². The number of ketones is 1. The lowest BCUT2D eigenvalue weighted by Crippen LogP contribution is -2.17. The zero-order valence-corrected chi connectivity index (χ0v) is 10.3.